The van der Waals surface area contributed by atoms with Crippen LogP contribution < -0.4 is 5.32 Å². The number of thioether (sulfide) groups is 2. The highest BCUT2D eigenvalue weighted by atomic mass is 35.5. The van der Waals surface area contributed by atoms with Gasteiger partial charge < -0.3 is 10.4 Å². The molecule has 32 heavy (non-hydrogen) atoms. The molecular formula is C18H19ClN6O4S3. The fraction of sp³-hybridized carbons (Fsp3) is 0.444. The van der Waals surface area contributed by atoms with E-state index >= 15 is 0 Å². The number of aliphatic carboxylic acids is 1. The number of rotatable bonds is 7. The van der Waals surface area contributed by atoms with Crippen molar-refractivity contribution in [3.8, 4) is 0 Å². The molecule has 0 aromatic carbocycles. The van der Waals surface area contributed by atoms with E-state index in [4.69, 9.17) is 11.6 Å². The van der Waals surface area contributed by atoms with Crippen molar-refractivity contribution in [2.24, 2.45) is 0 Å². The number of fused-ring (bicyclic) bond motifs is 1. The summed E-state index contributed by atoms with van der Waals surface area (Å²) in [6.07, 6.45) is 1.56. The van der Waals surface area contributed by atoms with E-state index in [2.05, 4.69) is 20.6 Å². The first-order valence-corrected chi connectivity index (χ1v) is 12.7. The fourth-order valence-electron chi connectivity index (χ4n) is 3.33. The third kappa shape index (κ3) is 4.26. The minimum atomic E-state index is -1.16. The molecule has 0 bridgehead atoms. The molecule has 4 heterocycles. The SMILES string of the molecule is Cc1nnc(SCC2=C(C(=O)O)N3C(=O)[C@H](NC(=O)[C@@H](C)n4cc(Cl)c(C)n4)[C@@H]3SC2)s1. The lowest BCUT2D eigenvalue weighted by Crippen LogP contribution is -2.71. The van der Waals surface area contributed by atoms with Crippen molar-refractivity contribution < 1.29 is 19.5 Å². The number of carboxylic acid groups (broad SMARTS) is 1. The number of β-lactam (4-membered cyclic amide) rings is 1. The van der Waals surface area contributed by atoms with Crippen molar-refractivity contribution in [3.05, 3.63) is 33.2 Å². The number of hydrogen-bond acceptors (Lipinski definition) is 9. The van der Waals surface area contributed by atoms with Crippen LogP contribution in [0.3, 0.4) is 0 Å². The van der Waals surface area contributed by atoms with E-state index in [-0.39, 0.29) is 5.70 Å². The Bertz CT molecular complexity index is 1110. The molecule has 0 radical (unpaired) electrons. The molecule has 1 fully saturated rings. The van der Waals surface area contributed by atoms with Gasteiger partial charge in [0.1, 0.15) is 28.2 Å². The number of halogens is 1. The third-order valence-electron chi connectivity index (χ3n) is 5.06. The maximum absolute atomic E-state index is 12.8. The Labute approximate surface area is 200 Å². The summed E-state index contributed by atoms with van der Waals surface area (Å²) in [6, 6.07) is -1.47. The second-order valence-electron chi connectivity index (χ2n) is 7.25. The summed E-state index contributed by atoms with van der Waals surface area (Å²) < 4.78 is 2.18. The summed E-state index contributed by atoms with van der Waals surface area (Å²) in [7, 11) is 0. The van der Waals surface area contributed by atoms with Crippen LogP contribution in [0.1, 0.15) is 23.7 Å². The van der Waals surface area contributed by atoms with E-state index in [1.165, 1.54) is 44.4 Å². The minimum absolute atomic E-state index is 0.0134. The molecule has 170 valence electrons. The van der Waals surface area contributed by atoms with E-state index in [0.29, 0.717) is 27.8 Å². The topological polar surface area (TPSA) is 130 Å². The summed E-state index contributed by atoms with van der Waals surface area (Å²) in [5, 5.41) is 25.5. The smallest absolute Gasteiger partial charge is 0.352 e. The van der Waals surface area contributed by atoms with Gasteiger partial charge >= 0.3 is 5.97 Å². The number of amides is 2. The van der Waals surface area contributed by atoms with Crippen LogP contribution in [0, 0.1) is 13.8 Å². The Morgan fingerprint density at radius 3 is 2.75 bits per heavy atom. The van der Waals surface area contributed by atoms with Crippen molar-refractivity contribution in [1.29, 1.82) is 0 Å². The summed E-state index contributed by atoms with van der Waals surface area (Å²) >= 11 is 10.3. The normalized spacial score (nSPS) is 21.2. The number of carboxylic acids is 1. The molecule has 3 atom stereocenters. The zero-order chi connectivity index (χ0) is 23.2. The first-order valence-electron chi connectivity index (χ1n) is 9.52. The van der Waals surface area contributed by atoms with Gasteiger partial charge in [-0.1, -0.05) is 34.7 Å². The molecule has 0 saturated carbocycles. The van der Waals surface area contributed by atoms with Gasteiger partial charge in [-0.05, 0) is 26.3 Å². The zero-order valence-corrected chi connectivity index (χ0v) is 20.4. The van der Waals surface area contributed by atoms with E-state index in [9.17, 15) is 19.5 Å². The van der Waals surface area contributed by atoms with Crippen molar-refractivity contribution in [2.75, 3.05) is 11.5 Å². The molecule has 2 N–H and O–H groups in total. The molecule has 2 aromatic heterocycles. The molecule has 10 nitrogen and oxygen atoms in total. The molecule has 14 heteroatoms. The lowest BCUT2D eigenvalue weighted by Gasteiger charge is -2.49. The first kappa shape index (κ1) is 23.1. The second kappa shape index (κ2) is 9.04. The highest BCUT2D eigenvalue weighted by Crippen LogP contribution is 2.42. The molecule has 1 saturated heterocycles. The number of aromatic nitrogens is 4. The summed E-state index contributed by atoms with van der Waals surface area (Å²) in [5.41, 5.74) is 1.23. The standard InChI is InChI=1S/C18H19ClN6O4S3/c1-7-11(19)4-24(23-7)8(2)14(26)20-12-15(27)25-13(17(28)29)10(5-30-16(12)25)6-31-18-22-21-9(3)32-18/h4,8,12,16H,5-6H2,1-3H3,(H,20,26)(H,28,29)/t8-,12+,16+/m1/s1. The van der Waals surface area contributed by atoms with Gasteiger partial charge in [0, 0.05) is 17.7 Å². The van der Waals surface area contributed by atoms with E-state index in [1.54, 1.807) is 20.0 Å². The predicted octanol–water partition coefficient (Wildman–Crippen LogP) is 2.10. The quantitative estimate of drug-likeness (QED) is 0.421. The summed E-state index contributed by atoms with van der Waals surface area (Å²) in [5.74, 6) is -1.16. The van der Waals surface area contributed by atoms with Crippen LogP contribution in [-0.2, 0) is 14.4 Å². The van der Waals surface area contributed by atoms with Gasteiger partial charge in [0.2, 0.25) is 5.91 Å². The number of nitrogens with one attached hydrogen (secondary N) is 1. The monoisotopic (exact) mass is 514 g/mol. The second-order valence-corrected chi connectivity index (χ2v) is 11.2. The van der Waals surface area contributed by atoms with Crippen LogP contribution in [0.2, 0.25) is 5.02 Å². The van der Waals surface area contributed by atoms with Crippen LogP contribution in [0.5, 0.6) is 0 Å². The molecule has 2 aromatic rings. The summed E-state index contributed by atoms with van der Waals surface area (Å²) in [4.78, 5) is 38.7. The lowest BCUT2D eigenvalue weighted by atomic mass is 10.0. The van der Waals surface area contributed by atoms with Crippen LogP contribution >= 0.6 is 46.5 Å². The van der Waals surface area contributed by atoms with Crippen molar-refractivity contribution >= 4 is 64.2 Å². The van der Waals surface area contributed by atoms with Gasteiger partial charge in [0.25, 0.3) is 5.91 Å². The molecule has 2 amide bonds. The van der Waals surface area contributed by atoms with Gasteiger partial charge in [-0.25, -0.2) is 4.79 Å². The van der Waals surface area contributed by atoms with Crippen molar-refractivity contribution in [3.63, 3.8) is 0 Å². The van der Waals surface area contributed by atoms with Crippen LogP contribution in [0.4, 0.5) is 0 Å². The van der Waals surface area contributed by atoms with Crippen LogP contribution in [-0.4, -0.2) is 70.7 Å². The van der Waals surface area contributed by atoms with Gasteiger partial charge in [-0.2, -0.15) is 5.10 Å². The van der Waals surface area contributed by atoms with Gasteiger partial charge in [-0.15, -0.1) is 22.0 Å². The van der Waals surface area contributed by atoms with Crippen molar-refractivity contribution in [2.45, 2.75) is 42.6 Å². The highest BCUT2D eigenvalue weighted by Gasteiger charge is 2.54. The number of aryl methyl sites for hydroxylation is 2. The Morgan fingerprint density at radius 2 is 2.16 bits per heavy atom. The molecule has 0 unspecified atom stereocenters. The maximum Gasteiger partial charge on any atom is 0.352 e. The number of nitrogens with zero attached hydrogens (tertiary/aromatic N) is 5. The third-order valence-corrected chi connectivity index (χ3v) is 8.83. The molecule has 2 aliphatic heterocycles. The molecule has 2 aliphatic rings. The minimum Gasteiger partial charge on any atom is -0.477 e. The molecule has 0 spiro atoms. The first-order chi connectivity index (χ1) is 15.2. The van der Waals surface area contributed by atoms with Crippen molar-refractivity contribution in [1.82, 2.24) is 30.2 Å². The molecule has 4 rings (SSSR count). The van der Waals surface area contributed by atoms with Gasteiger partial charge in [0.05, 0.1) is 10.7 Å². The fourth-order valence-corrected chi connectivity index (χ4v) is 6.77. The Kier molecular flexibility index (Phi) is 6.52. The van der Waals surface area contributed by atoms with E-state index in [1.807, 2.05) is 6.92 Å². The van der Waals surface area contributed by atoms with E-state index < -0.39 is 35.2 Å². The van der Waals surface area contributed by atoms with Crippen LogP contribution in [0.25, 0.3) is 0 Å². The Hall–Kier alpha value is -2.09. The largest absolute Gasteiger partial charge is 0.477 e. The Morgan fingerprint density at radius 1 is 1.41 bits per heavy atom. The van der Waals surface area contributed by atoms with Gasteiger partial charge in [0.15, 0.2) is 4.34 Å². The number of carbonyl (C=O) groups is 3. The molecular weight excluding hydrogens is 496 g/mol. The number of hydrogen-bond donors (Lipinski definition) is 2. The summed E-state index contributed by atoms with van der Waals surface area (Å²) in [6.45, 7) is 5.23. The lowest BCUT2D eigenvalue weighted by molar-refractivity contribution is -0.151. The van der Waals surface area contributed by atoms with E-state index in [0.717, 1.165) is 9.35 Å². The average molecular weight is 515 g/mol. The maximum atomic E-state index is 12.8. The number of carbonyl (C=O) groups excluding carboxylic acids is 2. The Balaban J connectivity index is 1.45. The average Bonchev–Trinajstić information content (AvgIpc) is 3.33. The van der Waals surface area contributed by atoms with Gasteiger partial charge in [-0.3, -0.25) is 19.2 Å². The predicted molar refractivity (Wildman–Crippen MR) is 122 cm³/mol. The van der Waals surface area contributed by atoms with Crippen LogP contribution in [0.15, 0.2) is 21.8 Å². The molecule has 0 aliphatic carbocycles. The highest BCUT2D eigenvalue weighted by molar-refractivity contribution is 8.01. The zero-order valence-electron chi connectivity index (χ0n) is 17.2.